The van der Waals surface area contributed by atoms with Crippen molar-refractivity contribution < 1.29 is 0 Å². The van der Waals surface area contributed by atoms with Crippen molar-refractivity contribution in [1.29, 1.82) is 5.26 Å². The molecule has 2 aromatic rings. The highest BCUT2D eigenvalue weighted by atomic mass is 15.3. The van der Waals surface area contributed by atoms with Crippen LogP contribution in [0.15, 0.2) is 30.6 Å². The quantitative estimate of drug-likeness (QED) is 0.806. The van der Waals surface area contributed by atoms with Crippen LogP contribution in [-0.4, -0.2) is 14.8 Å². The van der Waals surface area contributed by atoms with Crippen LogP contribution in [0.2, 0.25) is 0 Å². The van der Waals surface area contributed by atoms with E-state index >= 15 is 0 Å². The number of aromatic nitrogens is 3. The van der Waals surface area contributed by atoms with Gasteiger partial charge in [-0.2, -0.15) is 5.26 Å². The van der Waals surface area contributed by atoms with Crippen molar-refractivity contribution in [2.75, 3.05) is 0 Å². The molecule has 1 aliphatic rings. The number of fused-ring (bicyclic) bond motifs is 1. The lowest BCUT2D eigenvalue weighted by molar-refractivity contribution is 0.456. The van der Waals surface area contributed by atoms with E-state index in [9.17, 15) is 0 Å². The fraction of sp³-hybridized carbons (Fsp3) is 0.357. The monoisotopic (exact) mass is 238 g/mol. The summed E-state index contributed by atoms with van der Waals surface area (Å²) in [5, 5.41) is 12.9. The molecule has 1 heterocycles. The molecule has 3 rings (SSSR count). The molecule has 1 unspecified atom stereocenters. The van der Waals surface area contributed by atoms with Crippen LogP contribution in [0.1, 0.15) is 35.7 Å². The first-order valence-corrected chi connectivity index (χ1v) is 6.24. The first kappa shape index (κ1) is 11.0. The highest BCUT2D eigenvalue weighted by Crippen LogP contribution is 2.32. The topological polar surface area (TPSA) is 54.5 Å². The Kier molecular flexibility index (Phi) is 2.81. The minimum Gasteiger partial charge on any atom is -0.251 e. The van der Waals surface area contributed by atoms with E-state index in [0.717, 1.165) is 6.54 Å². The summed E-state index contributed by atoms with van der Waals surface area (Å²) in [6, 6.07) is 10.6. The Hall–Kier alpha value is -2.15. The van der Waals surface area contributed by atoms with Gasteiger partial charge in [-0.05, 0) is 30.4 Å². The maximum absolute atomic E-state index is 8.73. The van der Waals surface area contributed by atoms with Gasteiger partial charge in [-0.15, -0.1) is 5.10 Å². The van der Waals surface area contributed by atoms with Crippen LogP contribution in [0, 0.1) is 11.3 Å². The van der Waals surface area contributed by atoms with Crippen molar-refractivity contribution in [2.45, 2.75) is 31.7 Å². The highest BCUT2D eigenvalue weighted by molar-refractivity contribution is 5.32. The maximum Gasteiger partial charge on any atom is 0.252 e. The predicted octanol–water partition coefficient (Wildman–Crippen LogP) is 2.27. The molecule has 1 aliphatic carbocycles. The number of rotatable bonds is 2. The molecule has 0 aliphatic heterocycles. The molecule has 0 bridgehead atoms. The summed E-state index contributed by atoms with van der Waals surface area (Å²) in [7, 11) is 0. The summed E-state index contributed by atoms with van der Waals surface area (Å²) in [6.45, 7) is 0.811. The summed E-state index contributed by atoms with van der Waals surface area (Å²) in [4.78, 5) is 3.95. The van der Waals surface area contributed by atoms with Gasteiger partial charge in [0.05, 0.1) is 0 Å². The van der Waals surface area contributed by atoms with Crippen LogP contribution in [0.3, 0.4) is 0 Å². The van der Waals surface area contributed by atoms with E-state index in [4.69, 9.17) is 5.26 Å². The molecule has 1 aromatic carbocycles. The summed E-state index contributed by atoms with van der Waals surface area (Å²) in [5.74, 6) is 0.738. The molecule has 1 aromatic heterocycles. The third-order valence-corrected chi connectivity index (χ3v) is 3.54. The third kappa shape index (κ3) is 2.00. The lowest BCUT2D eigenvalue weighted by Crippen LogP contribution is -2.15. The fourth-order valence-corrected chi connectivity index (χ4v) is 2.70. The number of hydrogen-bond acceptors (Lipinski definition) is 3. The number of benzene rings is 1. The van der Waals surface area contributed by atoms with E-state index in [-0.39, 0.29) is 5.82 Å². The van der Waals surface area contributed by atoms with Gasteiger partial charge < -0.3 is 0 Å². The molecule has 4 heteroatoms. The van der Waals surface area contributed by atoms with Gasteiger partial charge in [-0.3, -0.25) is 4.68 Å². The van der Waals surface area contributed by atoms with Gasteiger partial charge in [0, 0.05) is 12.5 Å². The Morgan fingerprint density at radius 1 is 1.39 bits per heavy atom. The zero-order valence-corrected chi connectivity index (χ0v) is 10.1. The van der Waals surface area contributed by atoms with E-state index in [1.807, 2.05) is 6.07 Å². The van der Waals surface area contributed by atoms with Crippen LogP contribution in [0.25, 0.3) is 0 Å². The highest BCUT2D eigenvalue weighted by Gasteiger charge is 2.20. The minimum atomic E-state index is 0.249. The van der Waals surface area contributed by atoms with Crippen molar-refractivity contribution >= 4 is 0 Å². The molecule has 90 valence electrons. The summed E-state index contributed by atoms with van der Waals surface area (Å²) >= 11 is 0. The second kappa shape index (κ2) is 4.61. The summed E-state index contributed by atoms with van der Waals surface area (Å²) < 4.78 is 1.78. The molecular weight excluding hydrogens is 224 g/mol. The zero-order valence-electron chi connectivity index (χ0n) is 10.1. The van der Waals surface area contributed by atoms with Crippen molar-refractivity contribution in [3.8, 4) is 6.07 Å². The first-order chi connectivity index (χ1) is 8.86. The van der Waals surface area contributed by atoms with Gasteiger partial charge in [-0.25, -0.2) is 4.98 Å². The second-order valence-electron chi connectivity index (χ2n) is 4.69. The molecule has 0 N–H and O–H groups in total. The van der Waals surface area contributed by atoms with E-state index in [1.54, 1.807) is 11.0 Å². The number of aryl methyl sites for hydroxylation is 1. The fourth-order valence-electron chi connectivity index (χ4n) is 2.70. The van der Waals surface area contributed by atoms with Crippen LogP contribution in [0.4, 0.5) is 0 Å². The van der Waals surface area contributed by atoms with E-state index in [0.29, 0.717) is 5.92 Å². The van der Waals surface area contributed by atoms with E-state index in [2.05, 4.69) is 34.3 Å². The zero-order chi connectivity index (χ0) is 12.4. The Morgan fingerprint density at radius 2 is 2.28 bits per heavy atom. The smallest absolute Gasteiger partial charge is 0.251 e. The van der Waals surface area contributed by atoms with Crippen molar-refractivity contribution in [2.24, 2.45) is 0 Å². The number of nitriles is 1. The molecule has 0 saturated heterocycles. The molecule has 1 atom stereocenters. The van der Waals surface area contributed by atoms with Crippen LogP contribution < -0.4 is 0 Å². The number of hydrogen-bond donors (Lipinski definition) is 0. The van der Waals surface area contributed by atoms with Gasteiger partial charge in [0.15, 0.2) is 0 Å². The standard InChI is InChI=1S/C14H14N4/c15-8-14-16-10-18(17-14)9-12-6-3-5-11-4-1-2-7-13(11)12/h1-2,4,7,10,12H,3,5-6,9H2. The van der Waals surface area contributed by atoms with Crippen molar-refractivity contribution in [1.82, 2.24) is 14.8 Å². The summed E-state index contributed by atoms with van der Waals surface area (Å²) in [5.41, 5.74) is 2.88. The van der Waals surface area contributed by atoms with E-state index < -0.39 is 0 Å². The van der Waals surface area contributed by atoms with E-state index in [1.165, 1.54) is 30.4 Å². The number of nitrogens with zero attached hydrogens (tertiary/aromatic N) is 4. The maximum atomic E-state index is 8.73. The molecule has 0 spiro atoms. The van der Waals surface area contributed by atoms with Gasteiger partial charge in [0.1, 0.15) is 12.4 Å². The molecule has 0 radical (unpaired) electrons. The first-order valence-electron chi connectivity index (χ1n) is 6.24. The molecule has 0 saturated carbocycles. The normalized spacial score (nSPS) is 18.1. The summed E-state index contributed by atoms with van der Waals surface area (Å²) in [6.07, 6.45) is 5.23. The second-order valence-corrected chi connectivity index (χ2v) is 4.69. The van der Waals surface area contributed by atoms with Gasteiger partial charge in [-0.1, -0.05) is 24.3 Å². The molecule has 0 amide bonds. The van der Waals surface area contributed by atoms with Crippen molar-refractivity contribution in [3.05, 3.63) is 47.5 Å². The van der Waals surface area contributed by atoms with Gasteiger partial charge in [0.25, 0.3) is 5.82 Å². The molecule has 0 fully saturated rings. The lowest BCUT2D eigenvalue weighted by Gasteiger charge is -2.25. The van der Waals surface area contributed by atoms with Gasteiger partial charge in [0.2, 0.25) is 0 Å². The van der Waals surface area contributed by atoms with Crippen molar-refractivity contribution in [3.63, 3.8) is 0 Å². The van der Waals surface area contributed by atoms with Crippen LogP contribution >= 0.6 is 0 Å². The van der Waals surface area contributed by atoms with Crippen LogP contribution in [0.5, 0.6) is 0 Å². The van der Waals surface area contributed by atoms with Crippen LogP contribution in [-0.2, 0) is 13.0 Å². The SMILES string of the molecule is N#Cc1ncn(CC2CCCc3ccccc32)n1. The lowest BCUT2D eigenvalue weighted by atomic mass is 9.83. The molecule has 18 heavy (non-hydrogen) atoms. The third-order valence-electron chi connectivity index (χ3n) is 3.54. The molecule has 4 nitrogen and oxygen atoms in total. The Labute approximate surface area is 106 Å². The minimum absolute atomic E-state index is 0.249. The predicted molar refractivity (Wildman–Crippen MR) is 66.9 cm³/mol. The average Bonchev–Trinajstić information content (AvgIpc) is 2.87. The molecular formula is C14H14N4. The van der Waals surface area contributed by atoms with Gasteiger partial charge >= 0.3 is 0 Å². The Morgan fingerprint density at radius 3 is 3.11 bits per heavy atom. The average molecular weight is 238 g/mol. The Balaban J connectivity index is 1.84. The largest absolute Gasteiger partial charge is 0.252 e. The Bertz CT molecular complexity index is 594.